The van der Waals surface area contributed by atoms with Crippen molar-refractivity contribution in [1.82, 2.24) is 0 Å². The highest BCUT2D eigenvalue weighted by Gasteiger charge is 2.11. The zero-order valence-electron chi connectivity index (χ0n) is 12.3. The van der Waals surface area contributed by atoms with E-state index in [0.29, 0.717) is 6.42 Å². The Morgan fingerprint density at radius 2 is 2.00 bits per heavy atom. The van der Waals surface area contributed by atoms with Crippen molar-refractivity contribution in [1.29, 1.82) is 0 Å². The van der Waals surface area contributed by atoms with Gasteiger partial charge in [-0.3, -0.25) is 4.79 Å². The second-order valence-corrected chi connectivity index (χ2v) is 5.35. The van der Waals surface area contributed by atoms with E-state index in [1.54, 1.807) is 6.08 Å². The number of ether oxygens (including phenoxy) is 2. The van der Waals surface area contributed by atoms with Gasteiger partial charge >= 0.3 is 11.9 Å². The maximum atomic E-state index is 11.8. The molecular formula is C16H20O4S. The van der Waals surface area contributed by atoms with Crippen LogP contribution >= 0.6 is 11.8 Å². The third-order valence-electron chi connectivity index (χ3n) is 2.60. The average molecular weight is 308 g/mol. The standard InChI is InChI=1S/C16H20O4S/c1-3-7-13(10-11-15(17)19-2)20-16(18)12-21-14-8-5-4-6-9-14/h4-6,8-11,13H,3,7,12H2,1-2H3/b11-10-/t13-/m1/s1. The summed E-state index contributed by atoms with van der Waals surface area (Å²) in [6, 6.07) is 9.66. The lowest BCUT2D eigenvalue weighted by Crippen LogP contribution is -2.18. The highest BCUT2D eigenvalue weighted by atomic mass is 32.2. The first-order valence-electron chi connectivity index (χ1n) is 6.79. The van der Waals surface area contributed by atoms with Crippen LogP contribution in [0.1, 0.15) is 19.8 Å². The molecule has 0 aliphatic heterocycles. The monoisotopic (exact) mass is 308 g/mol. The second-order valence-electron chi connectivity index (χ2n) is 4.30. The number of carbonyl (C=O) groups is 2. The van der Waals surface area contributed by atoms with Gasteiger partial charge in [-0.2, -0.15) is 0 Å². The Hall–Kier alpha value is -1.75. The van der Waals surface area contributed by atoms with Crippen LogP contribution < -0.4 is 0 Å². The van der Waals surface area contributed by atoms with Crippen molar-refractivity contribution >= 4 is 23.7 Å². The van der Waals surface area contributed by atoms with E-state index in [1.807, 2.05) is 37.3 Å². The van der Waals surface area contributed by atoms with Crippen molar-refractivity contribution < 1.29 is 19.1 Å². The lowest BCUT2D eigenvalue weighted by Gasteiger charge is -2.13. The van der Waals surface area contributed by atoms with Crippen molar-refractivity contribution in [3.63, 3.8) is 0 Å². The van der Waals surface area contributed by atoms with E-state index in [9.17, 15) is 9.59 Å². The van der Waals surface area contributed by atoms with E-state index >= 15 is 0 Å². The van der Waals surface area contributed by atoms with E-state index < -0.39 is 12.1 Å². The zero-order valence-corrected chi connectivity index (χ0v) is 13.1. The van der Waals surface area contributed by atoms with Crippen LogP contribution in [0.15, 0.2) is 47.4 Å². The summed E-state index contributed by atoms with van der Waals surface area (Å²) in [7, 11) is 1.31. The number of methoxy groups -OCH3 is 1. The first kappa shape index (κ1) is 17.3. The molecule has 114 valence electrons. The van der Waals surface area contributed by atoms with Gasteiger partial charge in [0.2, 0.25) is 0 Å². The molecule has 4 nitrogen and oxygen atoms in total. The minimum atomic E-state index is -0.453. The Kier molecular flexibility index (Phi) is 8.28. The number of benzene rings is 1. The number of thioether (sulfide) groups is 1. The molecule has 1 aromatic rings. The van der Waals surface area contributed by atoms with E-state index in [1.165, 1.54) is 24.9 Å². The van der Waals surface area contributed by atoms with Crippen LogP contribution in [0.3, 0.4) is 0 Å². The molecule has 0 spiro atoms. The van der Waals surface area contributed by atoms with Gasteiger partial charge in [0, 0.05) is 11.0 Å². The summed E-state index contributed by atoms with van der Waals surface area (Å²) in [5.41, 5.74) is 0. The third kappa shape index (κ3) is 7.56. The molecule has 1 rings (SSSR count). The maximum Gasteiger partial charge on any atom is 0.330 e. The summed E-state index contributed by atoms with van der Waals surface area (Å²) in [5.74, 6) is -0.501. The smallest absolute Gasteiger partial charge is 0.330 e. The Bertz CT molecular complexity index is 470. The summed E-state index contributed by atoms with van der Waals surface area (Å²) in [4.78, 5) is 23.9. The van der Waals surface area contributed by atoms with Gasteiger partial charge < -0.3 is 9.47 Å². The normalized spacial score (nSPS) is 12.1. The molecular weight excluding hydrogens is 288 g/mol. The van der Waals surface area contributed by atoms with Crippen molar-refractivity contribution in [3.05, 3.63) is 42.5 Å². The molecule has 0 aliphatic carbocycles. The summed E-state index contributed by atoms with van der Waals surface area (Å²) >= 11 is 1.43. The molecule has 0 bridgehead atoms. The fraction of sp³-hybridized carbons (Fsp3) is 0.375. The average Bonchev–Trinajstić information content (AvgIpc) is 2.51. The van der Waals surface area contributed by atoms with Crippen LogP contribution in [-0.2, 0) is 19.1 Å². The lowest BCUT2D eigenvalue weighted by molar-refractivity contribution is -0.144. The van der Waals surface area contributed by atoms with Crippen molar-refractivity contribution in [3.8, 4) is 0 Å². The highest BCUT2D eigenvalue weighted by Crippen LogP contribution is 2.17. The topological polar surface area (TPSA) is 52.6 Å². The van der Waals surface area contributed by atoms with E-state index in [4.69, 9.17) is 4.74 Å². The van der Waals surface area contributed by atoms with Gasteiger partial charge in [0.1, 0.15) is 6.10 Å². The van der Waals surface area contributed by atoms with E-state index in [-0.39, 0.29) is 11.7 Å². The van der Waals surface area contributed by atoms with Crippen LogP contribution in [0.4, 0.5) is 0 Å². The quantitative estimate of drug-likeness (QED) is 0.419. The molecule has 0 amide bonds. The molecule has 0 aromatic heterocycles. The second kappa shape index (κ2) is 10.0. The molecule has 21 heavy (non-hydrogen) atoms. The number of hydrogen-bond donors (Lipinski definition) is 0. The Morgan fingerprint density at radius 1 is 1.29 bits per heavy atom. The molecule has 0 unspecified atom stereocenters. The minimum absolute atomic E-state index is 0.246. The summed E-state index contributed by atoms with van der Waals surface area (Å²) < 4.78 is 9.87. The molecule has 0 fully saturated rings. The molecule has 1 aromatic carbocycles. The van der Waals surface area contributed by atoms with Crippen LogP contribution in [0.5, 0.6) is 0 Å². The molecule has 0 saturated heterocycles. The first-order valence-corrected chi connectivity index (χ1v) is 7.77. The maximum absolute atomic E-state index is 11.8. The fourth-order valence-electron chi connectivity index (χ4n) is 1.59. The van der Waals surface area contributed by atoms with Gasteiger partial charge in [-0.1, -0.05) is 31.5 Å². The summed E-state index contributed by atoms with van der Waals surface area (Å²) in [6.45, 7) is 1.99. The number of carbonyl (C=O) groups excluding carboxylic acids is 2. The van der Waals surface area contributed by atoms with E-state index in [0.717, 1.165) is 11.3 Å². The molecule has 5 heteroatoms. The predicted molar refractivity (Wildman–Crippen MR) is 83.1 cm³/mol. The van der Waals surface area contributed by atoms with Crippen LogP contribution in [-0.4, -0.2) is 30.9 Å². The fourth-order valence-corrected chi connectivity index (χ4v) is 2.30. The van der Waals surface area contributed by atoms with Gasteiger partial charge in [-0.15, -0.1) is 11.8 Å². The van der Waals surface area contributed by atoms with Gasteiger partial charge in [0.05, 0.1) is 12.9 Å². The Labute approximate surface area is 129 Å². The molecule has 0 radical (unpaired) electrons. The van der Waals surface area contributed by atoms with Crippen LogP contribution in [0.2, 0.25) is 0 Å². The summed E-state index contributed by atoms with van der Waals surface area (Å²) in [6.07, 6.45) is 4.00. The Morgan fingerprint density at radius 3 is 2.62 bits per heavy atom. The highest BCUT2D eigenvalue weighted by molar-refractivity contribution is 8.00. The molecule has 0 aliphatic rings. The van der Waals surface area contributed by atoms with Crippen LogP contribution in [0, 0.1) is 0 Å². The number of hydrogen-bond acceptors (Lipinski definition) is 5. The molecule has 1 atom stereocenters. The largest absolute Gasteiger partial charge is 0.466 e. The molecule has 0 heterocycles. The molecule has 0 N–H and O–H groups in total. The number of rotatable bonds is 8. The summed E-state index contributed by atoms with van der Waals surface area (Å²) in [5, 5.41) is 0. The van der Waals surface area contributed by atoms with Crippen LogP contribution in [0.25, 0.3) is 0 Å². The predicted octanol–water partition coefficient (Wildman–Crippen LogP) is 3.22. The van der Waals surface area contributed by atoms with Crippen molar-refractivity contribution in [2.24, 2.45) is 0 Å². The number of esters is 2. The van der Waals surface area contributed by atoms with Gasteiger partial charge in [-0.05, 0) is 24.6 Å². The van der Waals surface area contributed by atoms with E-state index in [2.05, 4.69) is 4.74 Å². The minimum Gasteiger partial charge on any atom is -0.466 e. The van der Waals surface area contributed by atoms with Gasteiger partial charge in [0.15, 0.2) is 0 Å². The first-order chi connectivity index (χ1) is 10.2. The van der Waals surface area contributed by atoms with Crippen molar-refractivity contribution in [2.75, 3.05) is 12.9 Å². The SMILES string of the molecule is CCC[C@H](/C=C\C(=O)OC)OC(=O)CSc1ccccc1. The Balaban J connectivity index is 2.44. The third-order valence-corrected chi connectivity index (χ3v) is 3.59. The van der Waals surface area contributed by atoms with Crippen molar-refractivity contribution in [2.45, 2.75) is 30.8 Å². The van der Waals surface area contributed by atoms with Gasteiger partial charge in [0.25, 0.3) is 0 Å². The molecule has 0 saturated carbocycles. The lowest BCUT2D eigenvalue weighted by atomic mass is 10.2. The zero-order chi connectivity index (χ0) is 15.5. The van der Waals surface area contributed by atoms with Gasteiger partial charge in [-0.25, -0.2) is 4.79 Å².